The molecule has 0 radical (unpaired) electrons. The zero-order chi connectivity index (χ0) is 10.9. The van der Waals surface area contributed by atoms with Gasteiger partial charge in [0, 0.05) is 29.4 Å². The maximum absolute atomic E-state index is 9.45. The minimum atomic E-state index is -0.0478. The van der Waals surface area contributed by atoms with Crippen molar-refractivity contribution in [1.29, 1.82) is 0 Å². The van der Waals surface area contributed by atoms with Crippen LogP contribution in [0.1, 0.15) is 18.4 Å². The first-order valence-corrected chi connectivity index (χ1v) is 5.60. The van der Waals surface area contributed by atoms with E-state index in [-0.39, 0.29) is 12.0 Å². The topological polar surface area (TPSA) is 32.3 Å². The van der Waals surface area contributed by atoms with Gasteiger partial charge in [-0.15, -0.1) is 0 Å². The lowest BCUT2D eigenvalue weighted by Crippen LogP contribution is -2.29. The molecule has 82 valence electrons. The largest absolute Gasteiger partial charge is 0.396 e. The number of halogens is 1. The second-order valence-corrected chi connectivity index (χ2v) is 4.98. The van der Waals surface area contributed by atoms with Crippen molar-refractivity contribution in [2.75, 3.05) is 19.7 Å². The Hall–Kier alpha value is -0.570. The standard InChI is InChI=1S/C12H16ClNO/c1-12(8-15)7-14-6-11(12)9-2-4-10(13)5-3-9/h2-5,11,14-15H,6-8H2,1H3. The van der Waals surface area contributed by atoms with Gasteiger partial charge in [0.2, 0.25) is 0 Å². The van der Waals surface area contributed by atoms with Crippen LogP contribution in [0, 0.1) is 5.41 Å². The van der Waals surface area contributed by atoms with Crippen molar-refractivity contribution in [2.45, 2.75) is 12.8 Å². The second-order valence-electron chi connectivity index (χ2n) is 4.55. The molecule has 2 N–H and O–H groups in total. The molecule has 3 heteroatoms. The predicted octanol–water partition coefficient (Wildman–Crippen LogP) is 2.03. The first kappa shape index (κ1) is 10.9. The average Bonchev–Trinajstić information content (AvgIpc) is 2.63. The quantitative estimate of drug-likeness (QED) is 0.807. The summed E-state index contributed by atoms with van der Waals surface area (Å²) < 4.78 is 0. The van der Waals surface area contributed by atoms with Gasteiger partial charge in [0.15, 0.2) is 0 Å². The van der Waals surface area contributed by atoms with Gasteiger partial charge < -0.3 is 10.4 Å². The minimum Gasteiger partial charge on any atom is -0.396 e. The van der Waals surface area contributed by atoms with E-state index in [1.54, 1.807) is 0 Å². The molecule has 2 atom stereocenters. The summed E-state index contributed by atoms with van der Waals surface area (Å²) in [5.41, 5.74) is 1.20. The van der Waals surface area contributed by atoms with Crippen LogP contribution in [-0.2, 0) is 0 Å². The highest BCUT2D eigenvalue weighted by Crippen LogP contribution is 2.38. The van der Waals surface area contributed by atoms with Crippen molar-refractivity contribution in [1.82, 2.24) is 5.32 Å². The van der Waals surface area contributed by atoms with E-state index in [2.05, 4.69) is 12.2 Å². The summed E-state index contributed by atoms with van der Waals surface area (Å²) in [6.45, 7) is 4.13. The van der Waals surface area contributed by atoms with Gasteiger partial charge in [-0.3, -0.25) is 0 Å². The van der Waals surface area contributed by atoms with Gasteiger partial charge in [0.1, 0.15) is 0 Å². The summed E-state index contributed by atoms with van der Waals surface area (Å²) in [6.07, 6.45) is 0. The van der Waals surface area contributed by atoms with E-state index in [1.807, 2.05) is 24.3 Å². The number of aliphatic hydroxyl groups excluding tert-OH is 1. The number of hydrogen-bond acceptors (Lipinski definition) is 2. The van der Waals surface area contributed by atoms with Gasteiger partial charge in [-0.2, -0.15) is 0 Å². The lowest BCUT2D eigenvalue weighted by molar-refractivity contribution is 0.144. The molecule has 0 saturated carbocycles. The Morgan fingerprint density at radius 3 is 2.73 bits per heavy atom. The molecular weight excluding hydrogens is 210 g/mol. The lowest BCUT2D eigenvalue weighted by atomic mass is 9.77. The molecule has 0 aliphatic carbocycles. The maximum Gasteiger partial charge on any atom is 0.0503 e. The Kier molecular flexibility index (Phi) is 3.01. The van der Waals surface area contributed by atoms with Crippen LogP contribution in [0.15, 0.2) is 24.3 Å². The third-order valence-electron chi connectivity index (χ3n) is 3.35. The van der Waals surface area contributed by atoms with Gasteiger partial charge in [0.25, 0.3) is 0 Å². The van der Waals surface area contributed by atoms with Crippen LogP contribution < -0.4 is 5.32 Å². The van der Waals surface area contributed by atoms with Crippen molar-refractivity contribution in [2.24, 2.45) is 5.41 Å². The summed E-state index contributed by atoms with van der Waals surface area (Å²) in [5, 5.41) is 13.5. The molecule has 0 bridgehead atoms. The smallest absolute Gasteiger partial charge is 0.0503 e. The molecule has 1 aliphatic heterocycles. The summed E-state index contributed by atoms with van der Waals surface area (Å²) in [4.78, 5) is 0. The summed E-state index contributed by atoms with van der Waals surface area (Å²) >= 11 is 5.86. The van der Waals surface area contributed by atoms with Crippen LogP contribution in [0.4, 0.5) is 0 Å². The molecule has 15 heavy (non-hydrogen) atoms. The van der Waals surface area contributed by atoms with Gasteiger partial charge in [-0.05, 0) is 17.7 Å². The van der Waals surface area contributed by atoms with Crippen LogP contribution in [-0.4, -0.2) is 24.8 Å². The Morgan fingerprint density at radius 1 is 1.47 bits per heavy atom. The molecule has 2 nitrogen and oxygen atoms in total. The fraction of sp³-hybridized carbons (Fsp3) is 0.500. The Balaban J connectivity index is 2.27. The normalized spacial score (nSPS) is 30.7. The molecular formula is C12H16ClNO. The first-order chi connectivity index (χ1) is 7.15. The van der Waals surface area contributed by atoms with Crippen LogP contribution in [0.3, 0.4) is 0 Å². The monoisotopic (exact) mass is 225 g/mol. The van der Waals surface area contributed by atoms with E-state index in [9.17, 15) is 5.11 Å². The number of rotatable bonds is 2. The van der Waals surface area contributed by atoms with E-state index < -0.39 is 0 Å². The second kappa shape index (κ2) is 4.12. The van der Waals surface area contributed by atoms with Crippen LogP contribution in [0.5, 0.6) is 0 Å². The number of benzene rings is 1. The fourth-order valence-corrected chi connectivity index (χ4v) is 2.38. The molecule has 1 saturated heterocycles. The van der Waals surface area contributed by atoms with E-state index in [0.717, 1.165) is 18.1 Å². The van der Waals surface area contributed by atoms with E-state index in [0.29, 0.717) is 5.92 Å². The highest BCUT2D eigenvalue weighted by Gasteiger charge is 2.38. The lowest BCUT2D eigenvalue weighted by Gasteiger charge is -2.28. The summed E-state index contributed by atoms with van der Waals surface area (Å²) in [7, 11) is 0. The highest BCUT2D eigenvalue weighted by molar-refractivity contribution is 6.30. The van der Waals surface area contributed by atoms with Crippen molar-refractivity contribution in [3.63, 3.8) is 0 Å². The van der Waals surface area contributed by atoms with Crippen molar-refractivity contribution in [3.8, 4) is 0 Å². The number of nitrogens with one attached hydrogen (secondary N) is 1. The summed E-state index contributed by atoms with van der Waals surface area (Å²) in [5.74, 6) is 0.375. The van der Waals surface area contributed by atoms with E-state index in [4.69, 9.17) is 11.6 Å². The Labute approximate surface area is 95.3 Å². The highest BCUT2D eigenvalue weighted by atomic mass is 35.5. The molecule has 1 aromatic carbocycles. The Bertz CT molecular complexity index is 338. The fourth-order valence-electron chi connectivity index (χ4n) is 2.25. The van der Waals surface area contributed by atoms with Crippen molar-refractivity contribution < 1.29 is 5.11 Å². The average molecular weight is 226 g/mol. The first-order valence-electron chi connectivity index (χ1n) is 5.23. The third-order valence-corrected chi connectivity index (χ3v) is 3.60. The molecule has 0 aromatic heterocycles. The maximum atomic E-state index is 9.45. The van der Waals surface area contributed by atoms with Gasteiger partial charge >= 0.3 is 0 Å². The predicted molar refractivity (Wildman–Crippen MR) is 62.3 cm³/mol. The van der Waals surface area contributed by atoms with Crippen molar-refractivity contribution in [3.05, 3.63) is 34.9 Å². The van der Waals surface area contributed by atoms with Crippen LogP contribution in [0.25, 0.3) is 0 Å². The molecule has 0 spiro atoms. The molecule has 1 aromatic rings. The molecule has 1 fully saturated rings. The zero-order valence-electron chi connectivity index (χ0n) is 8.83. The van der Waals surface area contributed by atoms with Crippen LogP contribution in [0.2, 0.25) is 5.02 Å². The van der Waals surface area contributed by atoms with Gasteiger partial charge in [-0.1, -0.05) is 30.7 Å². The molecule has 1 aliphatic rings. The minimum absolute atomic E-state index is 0.0478. The number of hydrogen-bond donors (Lipinski definition) is 2. The van der Waals surface area contributed by atoms with Crippen LogP contribution >= 0.6 is 11.6 Å². The SMILES string of the molecule is CC1(CO)CNCC1c1ccc(Cl)cc1. The Morgan fingerprint density at radius 2 is 2.13 bits per heavy atom. The third kappa shape index (κ3) is 2.03. The molecule has 1 heterocycles. The van der Waals surface area contributed by atoms with Crippen molar-refractivity contribution >= 4 is 11.6 Å². The molecule has 2 rings (SSSR count). The summed E-state index contributed by atoms with van der Waals surface area (Å²) in [6, 6.07) is 7.92. The van der Waals surface area contributed by atoms with E-state index in [1.165, 1.54) is 5.56 Å². The molecule has 2 unspecified atom stereocenters. The zero-order valence-corrected chi connectivity index (χ0v) is 9.59. The number of aliphatic hydroxyl groups is 1. The van der Waals surface area contributed by atoms with E-state index >= 15 is 0 Å². The van der Waals surface area contributed by atoms with Gasteiger partial charge in [0.05, 0.1) is 6.61 Å². The van der Waals surface area contributed by atoms with Gasteiger partial charge in [-0.25, -0.2) is 0 Å². The molecule has 0 amide bonds.